The van der Waals surface area contributed by atoms with Gasteiger partial charge < -0.3 is 10.4 Å². The first kappa shape index (κ1) is 17.0. The number of halogens is 4. The van der Waals surface area contributed by atoms with Gasteiger partial charge in [0.15, 0.2) is 0 Å². The lowest BCUT2D eigenvalue weighted by Gasteiger charge is -2.13. The van der Waals surface area contributed by atoms with Crippen LogP contribution in [-0.4, -0.2) is 27.1 Å². The molecule has 2 aromatic rings. The van der Waals surface area contributed by atoms with Crippen molar-refractivity contribution in [2.45, 2.75) is 6.18 Å². The van der Waals surface area contributed by atoms with Gasteiger partial charge in [-0.3, -0.25) is 10.1 Å². The highest BCUT2D eigenvalue weighted by Gasteiger charge is 2.35. The Labute approximate surface area is 135 Å². The maximum atomic E-state index is 12.9. The Morgan fingerprint density at radius 1 is 1.35 bits per heavy atom. The number of rotatable bonds is 3. The zero-order valence-corrected chi connectivity index (χ0v) is 12.4. The number of nitrogens with one attached hydrogen (secondary N) is 2. The van der Waals surface area contributed by atoms with Crippen molar-refractivity contribution in [1.29, 1.82) is 0 Å². The average Bonchev–Trinajstić information content (AvgIpc) is 2.84. The summed E-state index contributed by atoms with van der Waals surface area (Å²) in [7, 11) is 0. The molecule has 0 unspecified atom stereocenters. The van der Waals surface area contributed by atoms with Gasteiger partial charge >= 0.3 is 12.3 Å². The summed E-state index contributed by atoms with van der Waals surface area (Å²) >= 11 is 6.38. The maximum Gasteiger partial charge on any atom is 0.421 e. The van der Waals surface area contributed by atoms with Crippen molar-refractivity contribution < 1.29 is 27.9 Å². The number of imide groups is 1. The number of anilines is 2. The molecule has 0 aromatic carbocycles. The molecule has 2 amide bonds. The van der Waals surface area contributed by atoms with Gasteiger partial charge in [0, 0.05) is 6.20 Å². The molecule has 0 spiro atoms. The first-order chi connectivity index (χ1) is 10.7. The van der Waals surface area contributed by atoms with Crippen LogP contribution in [0.3, 0.4) is 0 Å². The minimum Gasteiger partial charge on any atom is -0.465 e. The number of thiophene rings is 1. The van der Waals surface area contributed by atoms with Crippen LogP contribution >= 0.6 is 22.9 Å². The molecular formula is C11H6ClF3N4O3S. The summed E-state index contributed by atoms with van der Waals surface area (Å²) in [5, 5.41) is 13.4. The SMILES string of the molecule is O=C(O)NC(=O)c1ccsc1Nc1nc(Cl)ncc1C(F)(F)F. The molecule has 0 aliphatic carbocycles. The standard InChI is InChI=1S/C11H6ClF3N4O3S/c12-9-16-3-5(11(13,14)15)6(18-9)17-8-4(1-2-23-8)7(20)19-10(21)22/h1-3H,(H,19,20)(H,21,22)(H,16,17,18). The number of nitrogens with zero attached hydrogens (tertiary/aromatic N) is 2. The average molecular weight is 367 g/mol. The molecule has 23 heavy (non-hydrogen) atoms. The van der Waals surface area contributed by atoms with Crippen LogP contribution in [-0.2, 0) is 6.18 Å². The van der Waals surface area contributed by atoms with Gasteiger partial charge in [-0.2, -0.15) is 18.2 Å². The van der Waals surface area contributed by atoms with E-state index in [4.69, 9.17) is 16.7 Å². The Morgan fingerprint density at radius 2 is 2.04 bits per heavy atom. The molecule has 0 radical (unpaired) electrons. The fraction of sp³-hybridized carbons (Fsp3) is 0.0909. The molecule has 2 heterocycles. The quantitative estimate of drug-likeness (QED) is 0.719. The normalized spacial score (nSPS) is 11.1. The molecule has 0 aliphatic rings. The van der Waals surface area contributed by atoms with Crippen molar-refractivity contribution in [1.82, 2.24) is 15.3 Å². The monoisotopic (exact) mass is 366 g/mol. The largest absolute Gasteiger partial charge is 0.465 e. The van der Waals surface area contributed by atoms with Crippen molar-refractivity contribution in [2.24, 2.45) is 0 Å². The Balaban J connectivity index is 2.38. The summed E-state index contributed by atoms with van der Waals surface area (Å²) in [6.45, 7) is 0. The van der Waals surface area contributed by atoms with E-state index in [-0.39, 0.29) is 10.6 Å². The molecule has 122 valence electrons. The second-order valence-electron chi connectivity index (χ2n) is 3.95. The van der Waals surface area contributed by atoms with Crippen molar-refractivity contribution in [3.63, 3.8) is 0 Å². The molecule has 0 saturated carbocycles. The molecule has 7 nitrogen and oxygen atoms in total. The lowest BCUT2D eigenvalue weighted by molar-refractivity contribution is -0.137. The van der Waals surface area contributed by atoms with Crippen molar-refractivity contribution in [3.05, 3.63) is 34.1 Å². The third-order valence-electron chi connectivity index (χ3n) is 2.43. The van der Waals surface area contributed by atoms with Gasteiger partial charge in [-0.25, -0.2) is 9.78 Å². The number of hydrogen-bond acceptors (Lipinski definition) is 6. The van der Waals surface area contributed by atoms with E-state index in [1.807, 2.05) is 0 Å². The summed E-state index contributed by atoms with van der Waals surface area (Å²) in [5.41, 5.74) is -1.33. The highest BCUT2D eigenvalue weighted by Crippen LogP contribution is 2.36. The molecule has 3 N–H and O–H groups in total. The van der Waals surface area contributed by atoms with Crippen molar-refractivity contribution in [2.75, 3.05) is 5.32 Å². The summed E-state index contributed by atoms with van der Waals surface area (Å²) in [6.07, 6.45) is -5.83. The second kappa shape index (κ2) is 6.38. The highest BCUT2D eigenvalue weighted by molar-refractivity contribution is 7.14. The zero-order valence-electron chi connectivity index (χ0n) is 10.8. The minimum atomic E-state index is -4.74. The molecular weight excluding hydrogens is 361 g/mol. The number of amides is 2. The van der Waals surface area contributed by atoms with Crippen LogP contribution in [0.5, 0.6) is 0 Å². The molecule has 0 fully saturated rings. The van der Waals surface area contributed by atoms with Gasteiger partial charge in [0.1, 0.15) is 16.4 Å². The third-order valence-corrected chi connectivity index (χ3v) is 3.44. The fourth-order valence-electron chi connectivity index (χ4n) is 1.52. The van der Waals surface area contributed by atoms with E-state index in [0.717, 1.165) is 11.3 Å². The summed E-state index contributed by atoms with van der Waals surface area (Å²) in [6, 6.07) is 1.25. The number of carboxylic acid groups (broad SMARTS) is 1. The lowest BCUT2D eigenvalue weighted by atomic mass is 10.2. The molecule has 0 aliphatic heterocycles. The van der Waals surface area contributed by atoms with Crippen LogP contribution < -0.4 is 10.6 Å². The van der Waals surface area contributed by atoms with Crippen LogP contribution in [0.25, 0.3) is 0 Å². The van der Waals surface area contributed by atoms with Gasteiger partial charge in [-0.15, -0.1) is 11.3 Å². The Morgan fingerprint density at radius 3 is 2.65 bits per heavy atom. The topological polar surface area (TPSA) is 104 Å². The molecule has 0 bridgehead atoms. The number of alkyl halides is 3. The van der Waals surface area contributed by atoms with E-state index in [0.29, 0.717) is 6.20 Å². The van der Waals surface area contributed by atoms with Crippen LogP contribution in [0, 0.1) is 0 Å². The molecule has 2 aromatic heterocycles. The van der Waals surface area contributed by atoms with Crippen LogP contribution in [0.2, 0.25) is 5.28 Å². The predicted octanol–water partition coefficient (Wildman–Crippen LogP) is 3.36. The van der Waals surface area contributed by atoms with Crippen LogP contribution in [0.15, 0.2) is 17.6 Å². The Kier molecular flexibility index (Phi) is 4.71. The molecule has 0 saturated heterocycles. The van der Waals surface area contributed by atoms with Gasteiger partial charge in [0.05, 0.1) is 5.56 Å². The first-order valence-electron chi connectivity index (χ1n) is 5.67. The van der Waals surface area contributed by atoms with E-state index in [9.17, 15) is 22.8 Å². The maximum absolute atomic E-state index is 12.9. The fourth-order valence-corrected chi connectivity index (χ4v) is 2.44. The predicted molar refractivity (Wildman–Crippen MR) is 75.1 cm³/mol. The van der Waals surface area contributed by atoms with Gasteiger partial charge in [0.2, 0.25) is 5.28 Å². The van der Waals surface area contributed by atoms with E-state index in [1.165, 1.54) is 11.4 Å². The van der Waals surface area contributed by atoms with E-state index in [1.54, 1.807) is 5.32 Å². The number of aromatic nitrogens is 2. The summed E-state index contributed by atoms with van der Waals surface area (Å²) in [5.74, 6) is -1.64. The number of carbonyl (C=O) groups excluding carboxylic acids is 1. The number of hydrogen-bond donors (Lipinski definition) is 3. The Bertz CT molecular complexity index is 765. The number of carbonyl (C=O) groups is 2. The van der Waals surface area contributed by atoms with Gasteiger partial charge in [0.25, 0.3) is 5.91 Å². The lowest BCUT2D eigenvalue weighted by Crippen LogP contribution is -2.28. The van der Waals surface area contributed by atoms with E-state index >= 15 is 0 Å². The van der Waals surface area contributed by atoms with Crippen molar-refractivity contribution >= 4 is 45.8 Å². The minimum absolute atomic E-state index is 0.0241. The smallest absolute Gasteiger partial charge is 0.421 e. The van der Waals surface area contributed by atoms with Crippen molar-refractivity contribution in [3.8, 4) is 0 Å². The van der Waals surface area contributed by atoms with Crippen LogP contribution in [0.4, 0.5) is 28.8 Å². The van der Waals surface area contributed by atoms with E-state index in [2.05, 4.69) is 15.3 Å². The third kappa shape index (κ3) is 4.07. The Hall–Kier alpha value is -2.40. The molecule has 2 rings (SSSR count). The van der Waals surface area contributed by atoms with Gasteiger partial charge in [-0.1, -0.05) is 0 Å². The summed E-state index contributed by atoms with van der Waals surface area (Å²) in [4.78, 5) is 28.9. The summed E-state index contributed by atoms with van der Waals surface area (Å²) < 4.78 is 38.8. The molecule has 12 heteroatoms. The molecule has 0 atom stereocenters. The van der Waals surface area contributed by atoms with Crippen LogP contribution in [0.1, 0.15) is 15.9 Å². The van der Waals surface area contributed by atoms with Gasteiger partial charge in [-0.05, 0) is 23.0 Å². The first-order valence-corrected chi connectivity index (χ1v) is 6.92. The highest BCUT2D eigenvalue weighted by atomic mass is 35.5. The zero-order chi connectivity index (χ0) is 17.2. The second-order valence-corrected chi connectivity index (χ2v) is 5.20. The van der Waals surface area contributed by atoms with E-state index < -0.39 is 34.8 Å².